The van der Waals surface area contributed by atoms with Crippen molar-refractivity contribution in [3.63, 3.8) is 0 Å². The van der Waals surface area contributed by atoms with Crippen molar-refractivity contribution in [3.05, 3.63) is 0 Å². The zero-order valence-corrected chi connectivity index (χ0v) is 20.0. The first kappa shape index (κ1) is 25.4. The maximum atomic E-state index is 13.6. The molecule has 0 aromatic rings. The van der Waals surface area contributed by atoms with Crippen LogP contribution in [0.4, 0.5) is 13.2 Å². The summed E-state index contributed by atoms with van der Waals surface area (Å²) in [6, 6.07) is -0.738. The number of carbonyl (C=O) groups excluding carboxylic acids is 1. The maximum Gasteiger partial charge on any atom is 0.472 e. The number of hydrogen-bond acceptors (Lipinski definition) is 3. The number of carbonyl (C=O) groups is 1. The number of hydrazine groups is 1. The van der Waals surface area contributed by atoms with Crippen molar-refractivity contribution in [1.82, 2.24) is 10.0 Å². The van der Waals surface area contributed by atoms with E-state index >= 15 is 0 Å². The first-order chi connectivity index (χ1) is 12.6. The van der Waals surface area contributed by atoms with Gasteiger partial charge < -0.3 is 4.74 Å². The van der Waals surface area contributed by atoms with E-state index in [1.165, 1.54) is 0 Å². The van der Waals surface area contributed by atoms with Crippen LogP contribution in [-0.4, -0.2) is 62.5 Å². The molecule has 0 unspecified atom stereocenters. The summed E-state index contributed by atoms with van der Waals surface area (Å²) in [5.74, 6) is -1.59. The maximum absolute atomic E-state index is 13.6. The summed E-state index contributed by atoms with van der Waals surface area (Å²) < 4.78 is 46.0. The molecule has 0 bridgehead atoms. The van der Waals surface area contributed by atoms with Gasteiger partial charge in [0.15, 0.2) is 0 Å². The molecule has 0 saturated carbocycles. The quantitative estimate of drug-likeness (QED) is 0.518. The van der Waals surface area contributed by atoms with Gasteiger partial charge >= 0.3 is 12.1 Å². The number of nitrogens with zero attached hydrogens (tertiary/aromatic N) is 2. The van der Waals surface area contributed by atoms with Crippen molar-refractivity contribution in [1.29, 1.82) is 0 Å². The number of alkyl halides is 3. The summed E-state index contributed by atoms with van der Waals surface area (Å²) in [5.41, 5.74) is 0.0163. The summed E-state index contributed by atoms with van der Waals surface area (Å²) in [4.78, 5) is 12.6. The number of methoxy groups -OCH3 is 1. The summed E-state index contributed by atoms with van der Waals surface area (Å²) in [5, 5.41) is 2.68. The highest BCUT2D eigenvalue weighted by atomic mass is 28.3. The van der Waals surface area contributed by atoms with Crippen LogP contribution in [-0.2, 0) is 9.53 Å². The molecule has 1 heterocycles. The van der Waals surface area contributed by atoms with E-state index in [4.69, 9.17) is 4.74 Å². The Bertz CT molecular complexity index is 533. The fourth-order valence-corrected chi connectivity index (χ4v) is 8.79. The highest BCUT2D eigenvalue weighted by molar-refractivity contribution is 6.81. The molecule has 1 amide bonds. The third-order valence-electron chi connectivity index (χ3n) is 6.82. The van der Waals surface area contributed by atoms with E-state index in [1.54, 1.807) is 19.0 Å². The average molecular weight is 425 g/mol. The molecule has 0 spiro atoms. The van der Waals surface area contributed by atoms with Crippen LogP contribution >= 0.6 is 0 Å². The zero-order chi connectivity index (χ0) is 22.1. The van der Waals surface area contributed by atoms with Gasteiger partial charge in [0.1, 0.15) is 0 Å². The van der Waals surface area contributed by atoms with Crippen LogP contribution < -0.4 is 0 Å². The summed E-state index contributed by atoms with van der Waals surface area (Å²) >= 11 is 0. The van der Waals surface area contributed by atoms with Crippen LogP contribution in [0.5, 0.6) is 0 Å². The Labute approximate surface area is 169 Å². The van der Waals surface area contributed by atoms with Crippen molar-refractivity contribution in [2.75, 3.05) is 20.3 Å². The molecule has 8 heteroatoms. The minimum absolute atomic E-state index is 0.0000865. The Hall–Kier alpha value is -0.603. The van der Waals surface area contributed by atoms with Gasteiger partial charge in [-0.3, -0.25) is 9.80 Å². The van der Waals surface area contributed by atoms with Gasteiger partial charge in [0.05, 0.1) is 20.7 Å². The third-order valence-corrected chi connectivity index (χ3v) is 13.5. The molecule has 4 nitrogen and oxygen atoms in total. The van der Waals surface area contributed by atoms with Crippen molar-refractivity contribution >= 4 is 14.0 Å². The third kappa shape index (κ3) is 5.30. The standard InChI is InChI=1S/C20H39F3N2O2Si/c1-14(2)17(28(8,9)19(4,5)6)15(3)25(18(26)20(21,22)23)24-12-10-11-16(24)13-27-7/h14-17H,10-13H2,1-9H3/t15-,16+,17+/m1/s1. The normalized spacial score (nSPS) is 21.8. The lowest BCUT2D eigenvalue weighted by Crippen LogP contribution is -2.62. The van der Waals surface area contributed by atoms with Gasteiger partial charge in [-0.1, -0.05) is 47.7 Å². The molecule has 0 aromatic carbocycles. The molecule has 1 aliphatic heterocycles. The van der Waals surface area contributed by atoms with Crippen molar-refractivity contribution in [3.8, 4) is 0 Å². The molecule has 1 aliphatic rings. The van der Waals surface area contributed by atoms with Gasteiger partial charge in [-0.25, -0.2) is 5.01 Å². The van der Waals surface area contributed by atoms with E-state index in [9.17, 15) is 18.0 Å². The highest BCUT2D eigenvalue weighted by Gasteiger charge is 2.53. The smallest absolute Gasteiger partial charge is 0.383 e. The predicted molar refractivity (Wildman–Crippen MR) is 110 cm³/mol. The minimum atomic E-state index is -4.90. The second-order valence-electron chi connectivity index (χ2n) is 10.0. The minimum Gasteiger partial charge on any atom is -0.383 e. The number of amides is 1. The van der Waals surface area contributed by atoms with Crippen molar-refractivity contribution < 1.29 is 22.7 Å². The Balaban J connectivity index is 3.44. The average Bonchev–Trinajstić information content (AvgIpc) is 2.93. The summed E-state index contributed by atoms with van der Waals surface area (Å²) in [7, 11) is -0.495. The molecule has 28 heavy (non-hydrogen) atoms. The van der Waals surface area contributed by atoms with Gasteiger partial charge in [0.25, 0.3) is 0 Å². The molecule has 1 fully saturated rings. The van der Waals surface area contributed by atoms with Crippen LogP contribution in [0.3, 0.4) is 0 Å². The highest BCUT2D eigenvalue weighted by Crippen LogP contribution is 2.49. The van der Waals surface area contributed by atoms with Crippen molar-refractivity contribution in [2.45, 2.75) is 96.3 Å². The number of rotatable bonds is 7. The predicted octanol–water partition coefficient (Wildman–Crippen LogP) is 5.33. The molecular weight excluding hydrogens is 385 g/mol. The molecule has 166 valence electrons. The largest absolute Gasteiger partial charge is 0.472 e. The van der Waals surface area contributed by atoms with Crippen molar-refractivity contribution in [2.24, 2.45) is 5.92 Å². The van der Waals surface area contributed by atoms with E-state index in [2.05, 4.69) is 47.7 Å². The second kappa shape index (κ2) is 9.04. The molecule has 1 saturated heterocycles. The van der Waals surface area contributed by atoms with Gasteiger partial charge in [-0.2, -0.15) is 13.2 Å². The Kier molecular flexibility index (Phi) is 8.21. The molecule has 0 N–H and O–H groups in total. The van der Waals surface area contributed by atoms with E-state index in [0.29, 0.717) is 13.2 Å². The fourth-order valence-electron chi connectivity index (χ4n) is 4.78. The van der Waals surface area contributed by atoms with Crippen LogP contribution in [0.15, 0.2) is 0 Å². The summed E-state index contributed by atoms with van der Waals surface area (Å²) in [6.07, 6.45) is -3.41. The van der Waals surface area contributed by atoms with Crippen LogP contribution in [0, 0.1) is 5.92 Å². The SMILES string of the molecule is COC[C@@H]1CCCN1N(C(=O)C(F)(F)F)[C@H](C)[C@H](C(C)C)[Si](C)(C)C(C)(C)C. The van der Waals surface area contributed by atoms with Gasteiger partial charge in [-0.15, -0.1) is 0 Å². The zero-order valence-electron chi connectivity index (χ0n) is 19.0. The van der Waals surface area contributed by atoms with Gasteiger partial charge in [-0.05, 0) is 36.3 Å². The van der Waals surface area contributed by atoms with Gasteiger partial charge in [0, 0.05) is 19.7 Å². The lowest BCUT2D eigenvalue weighted by atomic mass is 10.0. The fraction of sp³-hybridized carbons (Fsp3) is 0.950. The monoisotopic (exact) mass is 424 g/mol. The molecule has 1 rings (SSSR count). The molecular formula is C20H39F3N2O2Si. The number of ether oxygens (including phenoxy) is 1. The first-order valence-electron chi connectivity index (χ1n) is 10.2. The van der Waals surface area contributed by atoms with E-state index in [0.717, 1.165) is 17.9 Å². The first-order valence-corrected chi connectivity index (χ1v) is 13.3. The van der Waals surface area contributed by atoms with Crippen LogP contribution in [0.25, 0.3) is 0 Å². The number of hydrogen-bond donors (Lipinski definition) is 0. The Morgan fingerprint density at radius 2 is 1.75 bits per heavy atom. The lowest BCUT2D eigenvalue weighted by molar-refractivity contribution is -0.210. The van der Waals surface area contributed by atoms with E-state index in [-0.39, 0.29) is 22.5 Å². The molecule has 0 aliphatic carbocycles. The second-order valence-corrected chi connectivity index (χ2v) is 15.7. The van der Waals surface area contributed by atoms with Crippen LogP contribution in [0.1, 0.15) is 54.4 Å². The summed E-state index contributed by atoms with van der Waals surface area (Å²) in [6.45, 7) is 17.7. The van der Waals surface area contributed by atoms with E-state index in [1.807, 2.05) is 0 Å². The Morgan fingerprint density at radius 1 is 1.21 bits per heavy atom. The lowest BCUT2D eigenvalue weighted by Gasteiger charge is -2.52. The topological polar surface area (TPSA) is 32.8 Å². The van der Waals surface area contributed by atoms with E-state index < -0.39 is 26.2 Å². The van der Waals surface area contributed by atoms with Gasteiger partial charge in [0.2, 0.25) is 0 Å². The molecule has 0 radical (unpaired) electrons. The Morgan fingerprint density at radius 3 is 2.14 bits per heavy atom. The van der Waals surface area contributed by atoms with Crippen LogP contribution in [0.2, 0.25) is 23.7 Å². The molecule has 0 aromatic heterocycles. The number of halogens is 3. The molecule has 3 atom stereocenters.